The second-order valence-corrected chi connectivity index (χ2v) is 6.48. The SMILES string of the molecule is Cc1cc(C)n(Cc2cc(CNC(C)(C)C)c(C)o2)n1. The predicted molar refractivity (Wildman–Crippen MR) is 80.8 cm³/mol. The molecule has 0 aliphatic rings. The lowest BCUT2D eigenvalue weighted by Gasteiger charge is -2.20. The number of nitrogens with one attached hydrogen (secondary N) is 1. The minimum absolute atomic E-state index is 0.111. The van der Waals surface area contributed by atoms with Crippen LogP contribution in [0.4, 0.5) is 0 Å². The summed E-state index contributed by atoms with van der Waals surface area (Å²) in [7, 11) is 0. The van der Waals surface area contributed by atoms with Gasteiger partial charge in [-0.05, 0) is 53.7 Å². The molecular weight excluding hydrogens is 250 g/mol. The molecule has 0 atom stereocenters. The van der Waals surface area contributed by atoms with E-state index in [1.165, 1.54) is 5.56 Å². The number of hydrogen-bond acceptors (Lipinski definition) is 3. The van der Waals surface area contributed by atoms with Gasteiger partial charge >= 0.3 is 0 Å². The molecule has 4 heteroatoms. The van der Waals surface area contributed by atoms with Gasteiger partial charge in [0.1, 0.15) is 11.5 Å². The molecule has 0 bridgehead atoms. The zero-order valence-corrected chi connectivity index (χ0v) is 13.4. The van der Waals surface area contributed by atoms with Crippen LogP contribution in [0, 0.1) is 20.8 Å². The van der Waals surface area contributed by atoms with E-state index in [1.807, 2.05) is 18.5 Å². The van der Waals surface area contributed by atoms with Gasteiger partial charge in [-0.15, -0.1) is 0 Å². The summed E-state index contributed by atoms with van der Waals surface area (Å²) in [6, 6.07) is 4.21. The average Bonchev–Trinajstić information content (AvgIpc) is 2.79. The highest BCUT2D eigenvalue weighted by Crippen LogP contribution is 2.17. The molecule has 0 saturated carbocycles. The fraction of sp³-hybridized carbons (Fsp3) is 0.562. The Morgan fingerprint density at radius 2 is 1.90 bits per heavy atom. The molecule has 0 aromatic carbocycles. The minimum atomic E-state index is 0.111. The Balaban J connectivity index is 2.09. The van der Waals surface area contributed by atoms with Crippen LogP contribution in [0.2, 0.25) is 0 Å². The largest absolute Gasteiger partial charge is 0.464 e. The monoisotopic (exact) mass is 275 g/mol. The predicted octanol–water partition coefficient (Wildman–Crippen LogP) is 3.34. The Morgan fingerprint density at radius 3 is 2.45 bits per heavy atom. The quantitative estimate of drug-likeness (QED) is 0.930. The maximum atomic E-state index is 5.85. The van der Waals surface area contributed by atoms with Crippen molar-refractivity contribution < 1.29 is 4.42 Å². The second kappa shape index (κ2) is 5.44. The van der Waals surface area contributed by atoms with Crippen LogP contribution in [0.25, 0.3) is 0 Å². The standard InChI is InChI=1S/C16H25N3O/c1-11-7-12(2)19(18-11)10-15-8-14(13(3)20-15)9-17-16(4,5)6/h7-8,17H,9-10H2,1-6H3. The van der Waals surface area contributed by atoms with E-state index >= 15 is 0 Å². The lowest BCUT2D eigenvalue weighted by Crippen LogP contribution is -2.35. The van der Waals surface area contributed by atoms with Gasteiger partial charge in [0, 0.05) is 23.3 Å². The van der Waals surface area contributed by atoms with E-state index in [2.05, 4.69) is 50.2 Å². The minimum Gasteiger partial charge on any atom is -0.464 e. The average molecular weight is 275 g/mol. The van der Waals surface area contributed by atoms with Gasteiger partial charge in [0.15, 0.2) is 0 Å². The smallest absolute Gasteiger partial charge is 0.125 e. The molecule has 0 fully saturated rings. The molecule has 0 unspecified atom stereocenters. The molecule has 0 aliphatic carbocycles. The summed E-state index contributed by atoms with van der Waals surface area (Å²) >= 11 is 0. The topological polar surface area (TPSA) is 43.0 Å². The Morgan fingerprint density at radius 1 is 1.20 bits per heavy atom. The van der Waals surface area contributed by atoms with Gasteiger partial charge in [0.05, 0.1) is 12.2 Å². The molecule has 0 radical (unpaired) electrons. The van der Waals surface area contributed by atoms with Gasteiger partial charge in [-0.2, -0.15) is 5.10 Å². The summed E-state index contributed by atoms with van der Waals surface area (Å²) in [5, 5.41) is 7.96. The molecule has 0 amide bonds. The van der Waals surface area contributed by atoms with E-state index in [4.69, 9.17) is 4.42 Å². The van der Waals surface area contributed by atoms with Gasteiger partial charge in [-0.25, -0.2) is 0 Å². The fourth-order valence-corrected chi connectivity index (χ4v) is 2.18. The highest BCUT2D eigenvalue weighted by atomic mass is 16.3. The van der Waals surface area contributed by atoms with Crippen LogP contribution >= 0.6 is 0 Å². The summed E-state index contributed by atoms with van der Waals surface area (Å²) in [6.45, 7) is 14.1. The van der Waals surface area contributed by atoms with Crippen LogP contribution in [-0.2, 0) is 13.1 Å². The van der Waals surface area contributed by atoms with Crippen molar-refractivity contribution in [3.05, 3.63) is 40.6 Å². The summed E-state index contributed by atoms with van der Waals surface area (Å²) < 4.78 is 7.83. The molecular formula is C16H25N3O. The molecule has 2 rings (SSSR count). The molecule has 2 heterocycles. The number of rotatable bonds is 4. The number of aryl methyl sites for hydroxylation is 3. The first-order valence-corrected chi connectivity index (χ1v) is 7.09. The van der Waals surface area contributed by atoms with Gasteiger partial charge in [0.2, 0.25) is 0 Å². The fourth-order valence-electron chi connectivity index (χ4n) is 2.18. The third kappa shape index (κ3) is 3.73. The van der Waals surface area contributed by atoms with Crippen molar-refractivity contribution in [2.75, 3.05) is 0 Å². The molecule has 2 aromatic heterocycles. The normalized spacial score (nSPS) is 12.1. The third-order valence-electron chi connectivity index (χ3n) is 3.29. The maximum absolute atomic E-state index is 5.85. The molecule has 110 valence electrons. The third-order valence-corrected chi connectivity index (χ3v) is 3.29. The second-order valence-electron chi connectivity index (χ2n) is 6.48. The van der Waals surface area contributed by atoms with E-state index in [9.17, 15) is 0 Å². The van der Waals surface area contributed by atoms with Gasteiger partial charge < -0.3 is 9.73 Å². The van der Waals surface area contributed by atoms with E-state index in [-0.39, 0.29) is 5.54 Å². The van der Waals surface area contributed by atoms with Crippen molar-refractivity contribution in [1.29, 1.82) is 0 Å². The van der Waals surface area contributed by atoms with Crippen molar-refractivity contribution in [2.45, 2.75) is 60.2 Å². The van der Waals surface area contributed by atoms with Crippen LogP contribution < -0.4 is 5.32 Å². The van der Waals surface area contributed by atoms with Crippen molar-refractivity contribution in [3.63, 3.8) is 0 Å². The lowest BCUT2D eigenvalue weighted by molar-refractivity contribution is 0.418. The summed E-state index contributed by atoms with van der Waals surface area (Å²) in [5.74, 6) is 1.94. The van der Waals surface area contributed by atoms with Crippen molar-refractivity contribution in [1.82, 2.24) is 15.1 Å². The highest BCUT2D eigenvalue weighted by Gasteiger charge is 2.13. The summed E-state index contributed by atoms with van der Waals surface area (Å²) in [5.41, 5.74) is 3.53. The zero-order chi connectivity index (χ0) is 14.9. The van der Waals surface area contributed by atoms with E-state index in [0.29, 0.717) is 6.54 Å². The number of aromatic nitrogens is 2. The van der Waals surface area contributed by atoms with Crippen LogP contribution in [0.3, 0.4) is 0 Å². The first-order valence-electron chi connectivity index (χ1n) is 7.09. The van der Waals surface area contributed by atoms with Crippen LogP contribution in [0.5, 0.6) is 0 Å². The number of nitrogens with zero attached hydrogens (tertiary/aromatic N) is 2. The van der Waals surface area contributed by atoms with Crippen molar-refractivity contribution in [2.24, 2.45) is 0 Å². The van der Waals surface area contributed by atoms with Crippen molar-refractivity contribution >= 4 is 0 Å². The number of hydrogen-bond donors (Lipinski definition) is 1. The van der Waals surface area contributed by atoms with Crippen LogP contribution in [0.1, 0.15) is 49.2 Å². The molecule has 0 aliphatic heterocycles. The molecule has 20 heavy (non-hydrogen) atoms. The zero-order valence-electron chi connectivity index (χ0n) is 13.4. The Hall–Kier alpha value is -1.55. The molecule has 0 saturated heterocycles. The van der Waals surface area contributed by atoms with E-state index < -0.39 is 0 Å². The van der Waals surface area contributed by atoms with Crippen molar-refractivity contribution in [3.8, 4) is 0 Å². The van der Waals surface area contributed by atoms with E-state index in [1.54, 1.807) is 0 Å². The van der Waals surface area contributed by atoms with Crippen LogP contribution in [0.15, 0.2) is 16.5 Å². The van der Waals surface area contributed by atoms with Gasteiger partial charge in [-0.3, -0.25) is 4.68 Å². The number of furan rings is 1. The summed E-state index contributed by atoms with van der Waals surface area (Å²) in [6.07, 6.45) is 0. The first kappa shape index (κ1) is 14.9. The van der Waals surface area contributed by atoms with E-state index in [0.717, 1.165) is 29.5 Å². The van der Waals surface area contributed by atoms with Crippen LogP contribution in [-0.4, -0.2) is 15.3 Å². The Labute approximate surface area is 121 Å². The molecule has 4 nitrogen and oxygen atoms in total. The maximum Gasteiger partial charge on any atom is 0.125 e. The first-order chi connectivity index (χ1) is 9.24. The molecule has 2 aromatic rings. The summed E-state index contributed by atoms with van der Waals surface area (Å²) in [4.78, 5) is 0. The highest BCUT2D eigenvalue weighted by molar-refractivity contribution is 5.21. The molecule has 0 spiro atoms. The molecule has 1 N–H and O–H groups in total. The van der Waals surface area contributed by atoms with Gasteiger partial charge in [0.25, 0.3) is 0 Å². The Kier molecular flexibility index (Phi) is 4.04. The van der Waals surface area contributed by atoms with Gasteiger partial charge in [-0.1, -0.05) is 0 Å². The Bertz CT molecular complexity index is 587. The lowest BCUT2D eigenvalue weighted by atomic mass is 10.1.